The average Bonchev–Trinajstić information content (AvgIpc) is 2.73. The van der Waals surface area contributed by atoms with Gasteiger partial charge < -0.3 is 19.7 Å². The van der Waals surface area contributed by atoms with Crippen LogP contribution in [0.4, 0.5) is 5.69 Å². The second-order valence-corrected chi connectivity index (χ2v) is 8.41. The number of hydrogen-bond donors (Lipinski definition) is 1. The standard InChI is InChI=1S/C22H26N2O4S/c1-15-8-10-17(11-9-15)23-21(25)14-29-16(2)22(26)24(3)12-18-13-27-19-6-4-5-7-20(19)28-18/h4-11,16,18H,12-14H2,1-3H3,(H,23,25)/t16-,18+/m1/s1. The van der Waals surface area contributed by atoms with Gasteiger partial charge in [-0.2, -0.15) is 0 Å². The van der Waals surface area contributed by atoms with Crippen molar-refractivity contribution in [2.75, 3.05) is 31.3 Å². The number of anilines is 1. The molecule has 0 fully saturated rings. The zero-order valence-corrected chi connectivity index (χ0v) is 17.7. The molecule has 0 unspecified atom stereocenters. The first-order valence-corrected chi connectivity index (χ1v) is 10.6. The van der Waals surface area contributed by atoms with E-state index in [0.29, 0.717) is 18.9 Å². The van der Waals surface area contributed by atoms with Crippen molar-refractivity contribution >= 4 is 29.3 Å². The largest absolute Gasteiger partial charge is 0.486 e. The van der Waals surface area contributed by atoms with Crippen LogP contribution in [-0.2, 0) is 9.59 Å². The molecule has 1 aliphatic heterocycles. The van der Waals surface area contributed by atoms with Crippen molar-refractivity contribution in [3.8, 4) is 11.5 Å². The smallest absolute Gasteiger partial charge is 0.235 e. The number of aryl methyl sites for hydroxylation is 1. The number of likely N-dealkylation sites (N-methyl/N-ethyl adjacent to an activating group) is 1. The van der Waals surface area contributed by atoms with Gasteiger partial charge in [-0.1, -0.05) is 29.8 Å². The van der Waals surface area contributed by atoms with Gasteiger partial charge in [0, 0.05) is 12.7 Å². The SMILES string of the molecule is Cc1ccc(NC(=O)CS[C@H](C)C(=O)N(C)C[C@H]2COc3ccccc3O2)cc1. The summed E-state index contributed by atoms with van der Waals surface area (Å²) in [7, 11) is 1.75. The van der Waals surface area contributed by atoms with E-state index in [1.165, 1.54) is 11.8 Å². The van der Waals surface area contributed by atoms with Crippen LogP contribution in [0.25, 0.3) is 0 Å². The number of carbonyl (C=O) groups excluding carboxylic acids is 2. The summed E-state index contributed by atoms with van der Waals surface area (Å²) in [6, 6.07) is 15.1. The van der Waals surface area contributed by atoms with Gasteiger partial charge in [0.25, 0.3) is 0 Å². The molecule has 7 heteroatoms. The summed E-state index contributed by atoms with van der Waals surface area (Å²) in [5, 5.41) is 2.51. The Balaban J connectivity index is 1.43. The first-order chi connectivity index (χ1) is 13.9. The van der Waals surface area contributed by atoms with Crippen molar-refractivity contribution in [2.24, 2.45) is 0 Å². The van der Waals surface area contributed by atoms with Crippen molar-refractivity contribution in [1.82, 2.24) is 4.90 Å². The zero-order valence-electron chi connectivity index (χ0n) is 16.9. The molecule has 2 atom stereocenters. The average molecular weight is 415 g/mol. The maximum absolute atomic E-state index is 12.6. The van der Waals surface area contributed by atoms with Crippen molar-refractivity contribution in [3.05, 3.63) is 54.1 Å². The molecule has 0 spiro atoms. The van der Waals surface area contributed by atoms with Gasteiger partial charge in [0.2, 0.25) is 11.8 Å². The van der Waals surface area contributed by atoms with E-state index < -0.39 is 0 Å². The minimum absolute atomic E-state index is 0.0411. The third kappa shape index (κ3) is 5.90. The number of thioether (sulfide) groups is 1. The lowest BCUT2D eigenvalue weighted by Gasteiger charge is -2.30. The van der Waals surface area contributed by atoms with Gasteiger partial charge in [-0.25, -0.2) is 0 Å². The van der Waals surface area contributed by atoms with Crippen LogP contribution in [0.5, 0.6) is 11.5 Å². The van der Waals surface area contributed by atoms with Crippen LogP contribution < -0.4 is 14.8 Å². The van der Waals surface area contributed by atoms with Crippen LogP contribution in [0.3, 0.4) is 0 Å². The highest BCUT2D eigenvalue weighted by atomic mass is 32.2. The fourth-order valence-electron chi connectivity index (χ4n) is 2.96. The van der Waals surface area contributed by atoms with Crippen molar-refractivity contribution in [2.45, 2.75) is 25.2 Å². The summed E-state index contributed by atoms with van der Waals surface area (Å²) >= 11 is 1.32. The molecule has 3 rings (SSSR count). The second kappa shape index (κ2) is 9.69. The maximum Gasteiger partial charge on any atom is 0.235 e. The van der Waals surface area contributed by atoms with Gasteiger partial charge in [0.15, 0.2) is 17.6 Å². The molecule has 2 aromatic rings. The molecular weight excluding hydrogens is 388 g/mol. The highest BCUT2D eigenvalue weighted by molar-refractivity contribution is 8.01. The molecule has 0 saturated carbocycles. The predicted molar refractivity (Wildman–Crippen MR) is 116 cm³/mol. The number of para-hydroxylation sites is 2. The fraction of sp³-hybridized carbons (Fsp3) is 0.364. The van der Waals surface area contributed by atoms with Gasteiger partial charge in [-0.15, -0.1) is 11.8 Å². The molecule has 6 nitrogen and oxygen atoms in total. The summed E-state index contributed by atoms with van der Waals surface area (Å²) < 4.78 is 11.6. The van der Waals surface area contributed by atoms with E-state index in [2.05, 4.69) is 5.32 Å². The number of carbonyl (C=O) groups is 2. The molecule has 0 saturated heterocycles. The number of amides is 2. The summed E-state index contributed by atoms with van der Waals surface area (Å²) in [6.07, 6.45) is -0.221. The van der Waals surface area contributed by atoms with Crippen molar-refractivity contribution in [3.63, 3.8) is 0 Å². The number of ether oxygens (including phenoxy) is 2. The van der Waals surface area contributed by atoms with E-state index in [4.69, 9.17) is 9.47 Å². The molecule has 2 aromatic carbocycles. The molecular formula is C22H26N2O4S. The fourth-order valence-corrected chi connectivity index (χ4v) is 3.76. The van der Waals surface area contributed by atoms with Gasteiger partial charge in [-0.05, 0) is 38.1 Å². The summed E-state index contributed by atoms with van der Waals surface area (Å²) in [5.41, 5.74) is 1.89. The first kappa shape index (κ1) is 21.0. The van der Waals surface area contributed by atoms with Gasteiger partial charge >= 0.3 is 0 Å². The maximum atomic E-state index is 12.6. The number of fused-ring (bicyclic) bond motifs is 1. The van der Waals surface area contributed by atoms with Crippen LogP contribution >= 0.6 is 11.8 Å². The third-order valence-corrected chi connectivity index (χ3v) is 5.70. The molecule has 0 radical (unpaired) electrons. The minimum atomic E-state index is -0.333. The Morgan fingerprint density at radius 3 is 2.59 bits per heavy atom. The van der Waals surface area contributed by atoms with Gasteiger partial charge in [0.05, 0.1) is 17.5 Å². The minimum Gasteiger partial charge on any atom is -0.486 e. The molecule has 1 aliphatic rings. The summed E-state index contributed by atoms with van der Waals surface area (Å²) in [4.78, 5) is 26.4. The normalized spacial score (nSPS) is 16.0. The van der Waals surface area contributed by atoms with E-state index in [1.807, 2.05) is 62.4 Å². The molecule has 0 aliphatic carbocycles. The Bertz CT molecular complexity index is 856. The number of benzene rings is 2. The highest BCUT2D eigenvalue weighted by Gasteiger charge is 2.26. The lowest BCUT2D eigenvalue weighted by molar-refractivity contribution is -0.130. The summed E-state index contributed by atoms with van der Waals surface area (Å²) in [6.45, 7) is 4.63. The van der Waals surface area contributed by atoms with Crippen molar-refractivity contribution < 1.29 is 19.1 Å². The third-order valence-electron chi connectivity index (χ3n) is 4.57. The Morgan fingerprint density at radius 2 is 1.86 bits per heavy atom. The Morgan fingerprint density at radius 1 is 1.17 bits per heavy atom. The van der Waals surface area contributed by atoms with Crippen LogP contribution in [0.1, 0.15) is 12.5 Å². The number of hydrogen-bond acceptors (Lipinski definition) is 5. The Labute approximate surface area is 175 Å². The highest BCUT2D eigenvalue weighted by Crippen LogP contribution is 2.31. The lowest BCUT2D eigenvalue weighted by Crippen LogP contribution is -2.44. The van der Waals surface area contributed by atoms with Gasteiger partial charge in [-0.3, -0.25) is 9.59 Å². The van der Waals surface area contributed by atoms with Crippen LogP contribution in [0.2, 0.25) is 0 Å². The molecule has 0 aromatic heterocycles. The van der Waals surface area contributed by atoms with E-state index in [1.54, 1.807) is 11.9 Å². The molecule has 0 bridgehead atoms. The second-order valence-electron chi connectivity index (χ2n) is 7.08. The molecule has 1 N–H and O–H groups in total. The molecule has 29 heavy (non-hydrogen) atoms. The lowest BCUT2D eigenvalue weighted by atomic mass is 10.2. The first-order valence-electron chi connectivity index (χ1n) is 9.54. The topological polar surface area (TPSA) is 67.9 Å². The Hall–Kier alpha value is -2.67. The van der Waals surface area contributed by atoms with E-state index >= 15 is 0 Å². The molecule has 1 heterocycles. The molecule has 2 amide bonds. The Kier molecular flexibility index (Phi) is 7.04. The van der Waals surface area contributed by atoms with E-state index in [9.17, 15) is 9.59 Å². The van der Waals surface area contributed by atoms with Crippen LogP contribution in [0, 0.1) is 6.92 Å². The zero-order chi connectivity index (χ0) is 20.8. The van der Waals surface area contributed by atoms with Gasteiger partial charge in [0.1, 0.15) is 6.61 Å². The van der Waals surface area contributed by atoms with E-state index in [0.717, 1.165) is 17.0 Å². The number of nitrogens with one attached hydrogen (secondary N) is 1. The summed E-state index contributed by atoms with van der Waals surface area (Å²) in [5.74, 6) is 1.47. The molecule has 154 valence electrons. The quantitative estimate of drug-likeness (QED) is 0.753. The van der Waals surface area contributed by atoms with Crippen LogP contribution in [-0.4, -0.2) is 54.0 Å². The van der Waals surface area contributed by atoms with Crippen molar-refractivity contribution in [1.29, 1.82) is 0 Å². The monoisotopic (exact) mass is 414 g/mol. The van der Waals surface area contributed by atoms with E-state index in [-0.39, 0.29) is 28.9 Å². The predicted octanol–water partition coefficient (Wildman–Crippen LogP) is 3.35. The number of nitrogens with zero attached hydrogens (tertiary/aromatic N) is 1. The number of rotatable bonds is 7. The van der Waals surface area contributed by atoms with Crippen LogP contribution in [0.15, 0.2) is 48.5 Å².